The van der Waals surface area contributed by atoms with Gasteiger partial charge in [0.05, 0.1) is 19.0 Å². The second kappa shape index (κ2) is 33.0. The van der Waals surface area contributed by atoms with Crippen LogP contribution in [-0.2, 0) is 14.8 Å². The Morgan fingerprint density at radius 3 is 1.30 bits per heavy atom. The van der Waals surface area contributed by atoms with Crippen LogP contribution in [0, 0.1) is 27.1 Å². The maximum atomic E-state index is 10.6. The zero-order valence-electron chi connectivity index (χ0n) is 38.9. The number of unbranched alkanes of at least 4 members (excludes halogenated alkanes) is 2. The summed E-state index contributed by atoms with van der Waals surface area (Å²) >= 11 is 4.94. The lowest BCUT2D eigenvalue weighted by Gasteiger charge is -2.20. The second-order valence-corrected chi connectivity index (χ2v) is 22.7. The molecule has 0 saturated carbocycles. The van der Waals surface area contributed by atoms with Crippen molar-refractivity contribution >= 4 is 33.3 Å². The van der Waals surface area contributed by atoms with Crippen molar-refractivity contribution in [2.75, 3.05) is 46.1 Å². The molecular formula is C42H95N5O5S2. The van der Waals surface area contributed by atoms with E-state index in [-0.39, 0.29) is 17.9 Å². The smallest absolute Gasteiger partial charge is 0.216 e. The number of carbonyl (C=O) groups is 1. The molecule has 1 atom stereocenters. The van der Waals surface area contributed by atoms with Gasteiger partial charge in [0, 0.05) is 33.6 Å². The summed E-state index contributed by atoms with van der Waals surface area (Å²) in [4.78, 5) is 10.5. The molecule has 8 N–H and O–H groups in total. The van der Waals surface area contributed by atoms with E-state index in [1.165, 1.54) is 44.8 Å². The molecule has 12 heteroatoms. The number of rotatable bonds is 16. The molecule has 0 rings (SSSR count). The van der Waals surface area contributed by atoms with Crippen LogP contribution in [0.5, 0.6) is 0 Å². The Balaban J connectivity index is -0.000000186. The normalized spacial score (nSPS) is 12.5. The second-order valence-electron chi connectivity index (χ2n) is 20.4. The Morgan fingerprint density at radius 2 is 1.02 bits per heavy atom. The highest BCUT2D eigenvalue weighted by Crippen LogP contribution is 2.23. The highest BCUT2D eigenvalue weighted by atomic mass is 32.2. The first-order valence-corrected chi connectivity index (χ1v) is 22.5. The summed E-state index contributed by atoms with van der Waals surface area (Å²) in [6.45, 7) is 37.4. The minimum absolute atomic E-state index is 0.0684. The van der Waals surface area contributed by atoms with Crippen LogP contribution < -0.4 is 26.4 Å². The number of thiocarbonyl (C=S) groups is 1. The predicted octanol–water partition coefficient (Wildman–Crippen LogP) is 8.54. The molecule has 0 fully saturated rings. The van der Waals surface area contributed by atoms with E-state index < -0.39 is 16.1 Å². The lowest BCUT2D eigenvalue weighted by atomic mass is 9.89. The van der Waals surface area contributed by atoms with Crippen molar-refractivity contribution in [2.45, 2.75) is 188 Å². The van der Waals surface area contributed by atoms with Crippen LogP contribution in [0.25, 0.3) is 0 Å². The minimum atomic E-state index is -2.99. The van der Waals surface area contributed by atoms with Crippen LogP contribution >= 0.6 is 12.2 Å². The van der Waals surface area contributed by atoms with Gasteiger partial charge in [-0.05, 0) is 104 Å². The van der Waals surface area contributed by atoms with E-state index in [2.05, 4.69) is 104 Å². The standard InChI is InChI=1S/C9H20N2S.C9H19NO.C9H21N.C8H19NO2S.C7H16O2/c1-9(2,3)6-5-7-11-8(12)10-4;1-8(11)10-7-5-6-9(2,3)4;1-9(2,3)7-5-4-6-8-10;1-8(2,3)6-5-7-9-12(4,10)11;1-7(2,3)4-6(9)5-8/h5-7H2,1-4H3,(H2,10,11,12);5-7H2,1-4H3,(H,10,11);4-8,10H2,1-3H3;9H,5-7H2,1-4H3;6,8-9H,4-5H2,1-3H3. The maximum Gasteiger partial charge on any atom is 0.216 e. The zero-order valence-corrected chi connectivity index (χ0v) is 40.5. The molecule has 0 radical (unpaired) electrons. The van der Waals surface area contributed by atoms with Gasteiger partial charge in [-0.3, -0.25) is 4.79 Å². The van der Waals surface area contributed by atoms with Crippen molar-refractivity contribution in [1.82, 2.24) is 20.7 Å². The molecule has 10 nitrogen and oxygen atoms in total. The summed E-state index contributed by atoms with van der Waals surface area (Å²) in [6.07, 6.45) is 13.0. The first-order chi connectivity index (χ1) is 24.1. The predicted molar refractivity (Wildman–Crippen MR) is 241 cm³/mol. The molecule has 330 valence electrons. The van der Waals surface area contributed by atoms with Crippen LogP contribution in [0.1, 0.15) is 181 Å². The van der Waals surface area contributed by atoms with Crippen molar-refractivity contribution in [2.24, 2.45) is 32.8 Å². The summed E-state index contributed by atoms with van der Waals surface area (Å²) in [5, 5.41) is 26.9. The van der Waals surface area contributed by atoms with E-state index in [0.29, 0.717) is 34.6 Å². The molecule has 0 aliphatic heterocycles. The Labute approximate surface area is 342 Å². The Kier molecular flexibility index (Phi) is 38.0. The summed E-state index contributed by atoms with van der Waals surface area (Å²) < 4.78 is 23.8. The fourth-order valence-electron chi connectivity index (χ4n) is 4.42. The number of hydrogen-bond acceptors (Lipinski definition) is 7. The number of nitrogens with two attached hydrogens (primary N) is 1. The highest BCUT2D eigenvalue weighted by Gasteiger charge is 2.15. The van der Waals surface area contributed by atoms with E-state index >= 15 is 0 Å². The molecular weight excluding hydrogens is 719 g/mol. The summed E-state index contributed by atoms with van der Waals surface area (Å²) in [5.74, 6) is 0.0684. The molecule has 0 aliphatic carbocycles. The third-order valence-electron chi connectivity index (χ3n) is 7.25. The zero-order chi connectivity index (χ0) is 43.9. The number of amides is 1. The number of carbonyl (C=O) groups excluding carboxylic acids is 1. The van der Waals surface area contributed by atoms with Gasteiger partial charge in [0.2, 0.25) is 15.9 Å². The van der Waals surface area contributed by atoms with Crippen LogP contribution in [0.4, 0.5) is 0 Å². The Bertz CT molecular complexity index is 989. The Morgan fingerprint density at radius 1 is 0.648 bits per heavy atom. The molecule has 0 aromatic carbocycles. The van der Waals surface area contributed by atoms with Crippen molar-refractivity contribution in [1.29, 1.82) is 0 Å². The van der Waals surface area contributed by atoms with Gasteiger partial charge in [0.15, 0.2) is 5.11 Å². The van der Waals surface area contributed by atoms with Crippen molar-refractivity contribution in [3.05, 3.63) is 0 Å². The third kappa shape index (κ3) is 79.6. The molecule has 0 aromatic rings. The lowest BCUT2D eigenvalue weighted by Crippen LogP contribution is -2.33. The molecule has 0 saturated heterocycles. The number of aliphatic hydroxyl groups is 2. The van der Waals surface area contributed by atoms with Crippen molar-refractivity contribution < 1.29 is 23.4 Å². The summed E-state index contributed by atoms with van der Waals surface area (Å²) in [5.41, 5.74) is 7.11. The Hall–Kier alpha value is -1.05. The van der Waals surface area contributed by atoms with Gasteiger partial charge in [0.1, 0.15) is 0 Å². The fraction of sp³-hybridized carbons (Fsp3) is 0.952. The van der Waals surface area contributed by atoms with E-state index in [9.17, 15) is 13.2 Å². The molecule has 0 aromatic heterocycles. The van der Waals surface area contributed by atoms with Crippen molar-refractivity contribution in [3.8, 4) is 0 Å². The lowest BCUT2D eigenvalue weighted by molar-refractivity contribution is -0.119. The van der Waals surface area contributed by atoms with Gasteiger partial charge in [-0.1, -0.05) is 117 Å². The van der Waals surface area contributed by atoms with Gasteiger partial charge in [0.25, 0.3) is 0 Å². The SMILES string of the molecule is CC(=O)NCCCC(C)(C)C.CC(C)(C)CC(O)CO.CC(C)(C)CCCCCN.CC(C)(C)CCCNS(C)(=O)=O.CNC(=S)NCCCC(C)(C)C. The van der Waals surface area contributed by atoms with E-state index in [1.807, 2.05) is 27.8 Å². The van der Waals surface area contributed by atoms with Crippen LogP contribution in [0.3, 0.4) is 0 Å². The summed E-state index contributed by atoms with van der Waals surface area (Å²) in [7, 11) is -1.16. The highest BCUT2D eigenvalue weighted by molar-refractivity contribution is 7.88. The van der Waals surface area contributed by atoms with Gasteiger partial charge >= 0.3 is 0 Å². The van der Waals surface area contributed by atoms with E-state index in [4.69, 9.17) is 28.2 Å². The van der Waals surface area contributed by atoms with Gasteiger partial charge in [-0.25, -0.2) is 13.1 Å². The van der Waals surface area contributed by atoms with Gasteiger partial charge < -0.3 is 31.9 Å². The van der Waals surface area contributed by atoms with Crippen molar-refractivity contribution in [3.63, 3.8) is 0 Å². The topological polar surface area (TPSA) is 166 Å². The minimum Gasteiger partial charge on any atom is -0.394 e. The van der Waals surface area contributed by atoms with Crippen LogP contribution in [0.2, 0.25) is 0 Å². The number of sulfonamides is 1. The third-order valence-corrected chi connectivity index (χ3v) is 8.33. The molecule has 0 aliphatic rings. The van der Waals surface area contributed by atoms with E-state index in [1.54, 1.807) is 6.92 Å². The molecule has 54 heavy (non-hydrogen) atoms. The number of hydrogen-bond donors (Lipinski definition) is 7. The molecule has 0 spiro atoms. The molecule has 0 bridgehead atoms. The largest absolute Gasteiger partial charge is 0.394 e. The van der Waals surface area contributed by atoms with Crippen LogP contribution in [0.15, 0.2) is 0 Å². The first-order valence-electron chi connectivity index (χ1n) is 20.2. The average molecular weight is 814 g/mol. The van der Waals surface area contributed by atoms with E-state index in [0.717, 1.165) is 50.4 Å². The number of aliphatic hydroxyl groups excluding tert-OH is 2. The van der Waals surface area contributed by atoms with Gasteiger partial charge in [-0.2, -0.15) is 0 Å². The van der Waals surface area contributed by atoms with Gasteiger partial charge in [-0.15, -0.1) is 0 Å². The molecule has 1 unspecified atom stereocenters. The molecule has 0 heterocycles. The van der Waals surface area contributed by atoms with Crippen LogP contribution in [-0.4, -0.2) is 81.8 Å². The average Bonchev–Trinajstić information content (AvgIpc) is 2.96. The summed E-state index contributed by atoms with van der Waals surface area (Å²) in [6, 6.07) is 0. The number of nitrogens with one attached hydrogen (secondary N) is 4. The monoisotopic (exact) mass is 814 g/mol. The molecule has 1 amide bonds. The maximum absolute atomic E-state index is 10.6. The first kappa shape index (κ1) is 62.2. The fourth-order valence-corrected chi connectivity index (χ4v) is 5.03. The quantitative estimate of drug-likeness (QED) is 0.0597.